The van der Waals surface area contributed by atoms with E-state index in [0.29, 0.717) is 6.61 Å². The number of nitrogens with one attached hydrogen (secondary N) is 1. The van der Waals surface area contributed by atoms with E-state index in [1.807, 2.05) is 25.1 Å². The van der Waals surface area contributed by atoms with Gasteiger partial charge in [-0.25, -0.2) is 0 Å². The summed E-state index contributed by atoms with van der Waals surface area (Å²) >= 11 is 4.99. The van der Waals surface area contributed by atoms with E-state index < -0.39 is 0 Å². The highest BCUT2D eigenvalue weighted by molar-refractivity contribution is 9.10. The van der Waals surface area contributed by atoms with Crippen LogP contribution in [0.15, 0.2) is 40.9 Å². The normalized spacial score (nSPS) is 10.8. The number of nitrogens with zero attached hydrogens (tertiary/aromatic N) is 2. The second kappa shape index (κ2) is 6.41. The van der Waals surface area contributed by atoms with Gasteiger partial charge in [0.05, 0.1) is 0 Å². The summed E-state index contributed by atoms with van der Waals surface area (Å²) < 4.78 is 6.87. The van der Waals surface area contributed by atoms with Crippen LogP contribution in [0.25, 0.3) is 10.8 Å². The number of ether oxygens (including phenoxy) is 1. The van der Waals surface area contributed by atoms with E-state index in [2.05, 4.69) is 49.6 Å². The van der Waals surface area contributed by atoms with Crippen LogP contribution in [0.5, 0.6) is 5.75 Å². The van der Waals surface area contributed by atoms with Gasteiger partial charge in [0.25, 0.3) is 0 Å². The minimum Gasteiger partial charge on any atom is -0.486 e. The fraction of sp³-hybridized carbons (Fsp3) is 0.200. The number of hydrogen-bond acceptors (Lipinski definition) is 5. The molecule has 2 aromatic carbocycles. The Morgan fingerprint density at radius 3 is 2.81 bits per heavy atom. The third-order valence-corrected chi connectivity index (χ3v) is 4.28. The van der Waals surface area contributed by atoms with E-state index in [4.69, 9.17) is 4.74 Å². The Hall–Kier alpha value is -1.66. The molecule has 3 rings (SSSR count). The molecular formula is C15H14BrN3OS. The molecule has 4 nitrogen and oxygen atoms in total. The Kier molecular flexibility index (Phi) is 4.36. The molecule has 0 atom stereocenters. The first-order chi connectivity index (χ1) is 10.2. The number of benzene rings is 2. The highest BCUT2D eigenvalue weighted by Gasteiger charge is 2.04. The van der Waals surface area contributed by atoms with Gasteiger partial charge in [-0.15, -0.1) is 10.2 Å². The molecular weight excluding hydrogens is 350 g/mol. The van der Waals surface area contributed by atoms with E-state index in [1.165, 1.54) is 16.7 Å². The van der Waals surface area contributed by atoms with Crippen LogP contribution in [-0.4, -0.2) is 16.7 Å². The van der Waals surface area contributed by atoms with Crippen molar-refractivity contribution in [3.63, 3.8) is 0 Å². The lowest BCUT2D eigenvalue weighted by atomic mass is 10.1. The number of rotatable bonds is 5. The van der Waals surface area contributed by atoms with Crippen LogP contribution in [0.3, 0.4) is 0 Å². The minimum absolute atomic E-state index is 0.436. The molecule has 0 radical (unpaired) electrons. The second-order valence-electron chi connectivity index (χ2n) is 4.47. The molecule has 0 unspecified atom stereocenters. The highest BCUT2D eigenvalue weighted by Crippen LogP contribution is 2.25. The van der Waals surface area contributed by atoms with E-state index in [-0.39, 0.29) is 0 Å². The zero-order chi connectivity index (χ0) is 14.7. The zero-order valence-electron chi connectivity index (χ0n) is 11.5. The topological polar surface area (TPSA) is 47.0 Å². The standard InChI is InChI=1S/C15H14BrN3OS/c1-2-17-15-19-18-14(21-15)9-20-13-6-4-10-7-12(16)5-3-11(10)8-13/h3-8H,2,9H2,1H3,(H,17,19). The van der Waals surface area contributed by atoms with Crippen LogP contribution < -0.4 is 10.1 Å². The molecule has 0 aliphatic rings. The Bertz CT molecular complexity index is 760. The summed E-state index contributed by atoms with van der Waals surface area (Å²) in [5.74, 6) is 0.838. The van der Waals surface area contributed by atoms with Crippen LogP contribution in [-0.2, 0) is 6.61 Å². The van der Waals surface area contributed by atoms with Crippen molar-refractivity contribution in [3.8, 4) is 5.75 Å². The lowest BCUT2D eigenvalue weighted by Crippen LogP contribution is -1.94. The average Bonchev–Trinajstić information content (AvgIpc) is 2.93. The fourth-order valence-corrected chi connectivity index (χ4v) is 3.06. The molecule has 1 aromatic heterocycles. The van der Waals surface area contributed by atoms with Crippen molar-refractivity contribution in [2.45, 2.75) is 13.5 Å². The fourth-order valence-electron chi connectivity index (χ4n) is 1.96. The van der Waals surface area contributed by atoms with E-state index in [1.54, 1.807) is 0 Å². The average molecular weight is 364 g/mol. The quantitative estimate of drug-likeness (QED) is 0.726. The van der Waals surface area contributed by atoms with Crippen molar-refractivity contribution in [1.82, 2.24) is 10.2 Å². The van der Waals surface area contributed by atoms with Gasteiger partial charge >= 0.3 is 0 Å². The monoisotopic (exact) mass is 363 g/mol. The summed E-state index contributed by atoms with van der Waals surface area (Å²) in [7, 11) is 0. The molecule has 0 aliphatic heterocycles. The second-order valence-corrected chi connectivity index (χ2v) is 6.45. The SMILES string of the molecule is CCNc1nnc(COc2ccc3cc(Br)ccc3c2)s1. The minimum atomic E-state index is 0.436. The summed E-state index contributed by atoms with van der Waals surface area (Å²) in [6.07, 6.45) is 0. The lowest BCUT2D eigenvalue weighted by Gasteiger charge is -2.05. The number of hydrogen-bond donors (Lipinski definition) is 1. The lowest BCUT2D eigenvalue weighted by molar-refractivity contribution is 0.305. The van der Waals surface area contributed by atoms with Crippen LogP contribution in [0.2, 0.25) is 0 Å². The summed E-state index contributed by atoms with van der Waals surface area (Å²) in [6, 6.07) is 12.3. The summed E-state index contributed by atoms with van der Waals surface area (Å²) in [4.78, 5) is 0. The van der Waals surface area contributed by atoms with Gasteiger partial charge in [0.2, 0.25) is 5.13 Å². The maximum absolute atomic E-state index is 5.79. The Labute approximate surface area is 135 Å². The van der Waals surface area contributed by atoms with Gasteiger partial charge in [-0.05, 0) is 42.0 Å². The molecule has 0 saturated heterocycles. The van der Waals surface area contributed by atoms with Crippen LogP contribution in [0.1, 0.15) is 11.9 Å². The Morgan fingerprint density at radius 2 is 1.95 bits per heavy atom. The van der Waals surface area contributed by atoms with Crippen molar-refractivity contribution < 1.29 is 4.74 Å². The number of halogens is 1. The van der Waals surface area contributed by atoms with Gasteiger partial charge in [0, 0.05) is 11.0 Å². The molecule has 0 amide bonds. The largest absolute Gasteiger partial charge is 0.486 e. The van der Waals surface area contributed by atoms with Crippen molar-refractivity contribution in [3.05, 3.63) is 45.9 Å². The van der Waals surface area contributed by atoms with Gasteiger partial charge in [0.1, 0.15) is 12.4 Å². The molecule has 0 bridgehead atoms. The zero-order valence-corrected chi connectivity index (χ0v) is 13.9. The molecule has 1 heterocycles. The van der Waals surface area contributed by atoms with Gasteiger partial charge in [-0.1, -0.05) is 39.4 Å². The van der Waals surface area contributed by atoms with Crippen molar-refractivity contribution in [1.29, 1.82) is 0 Å². The highest BCUT2D eigenvalue weighted by atomic mass is 79.9. The van der Waals surface area contributed by atoms with Crippen LogP contribution >= 0.6 is 27.3 Å². The smallest absolute Gasteiger partial charge is 0.205 e. The first kappa shape index (κ1) is 14.3. The van der Waals surface area contributed by atoms with Crippen LogP contribution in [0.4, 0.5) is 5.13 Å². The molecule has 0 saturated carbocycles. The summed E-state index contributed by atoms with van der Waals surface area (Å²) in [6.45, 7) is 3.31. The molecule has 0 aliphatic carbocycles. The maximum Gasteiger partial charge on any atom is 0.205 e. The van der Waals surface area contributed by atoms with Gasteiger partial charge in [-0.3, -0.25) is 0 Å². The van der Waals surface area contributed by atoms with Crippen molar-refractivity contribution >= 4 is 43.2 Å². The Morgan fingerprint density at radius 1 is 1.14 bits per heavy atom. The third kappa shape index (κ3) is 3.51. The molecule has 3 aromatic rings. The first-order valence-corrected chi connectivity index (χ1v) is 8.24. The molecule has 0 spiro atoms. The third-order valence-electron chi connectivity index (χ3n) is 2.93. The van der Waals surface area contributed by atoms with Gasteiger partial charge in [-0.2, -0.15) is 0 Å². The maximum atomic E-state index is 5.79. The van der Waals surface area contributed by atoms with E-state index >= 15 is 0 Å². The molecule has 108 valence electrons. The molecule has 6 heteroatoms. The predicted octanol–water partition coefficient (Wildman–Crippen LogP) is 4.46. The predicted molar refractivity (Wildman–Crippen MR) is 90.1 cm³/mol. The summed E-state index contributed by atoms with van der Waals surface area (Å²) in [5.41, 5.74) is 0. The van der Waals surface area contributed by atoms with E-state index in [0.717, 1.165) is 32.3 Å². The van der Waals surface area contributed by atoms with Crippen molar-refractivity contribution in [2.24, 2.45) is 0 Å². The first-order valence-electron chi connectivity index (χ1n) is 6.63. The molecule has 0 fully saturated rings. The van der Waals surface area contributed by atoms with Gasteiger partial charge in [0.15, 0.2) is 5.01 Å². The molecule has 21 heavy (non-hydrogen) atoms. The number of anilines is 1. The number of fused-ring (bicyclic) bond motifs is 1. The number of aromatic nitrogens is 2. The molecule has 1 N–H and O–H groups in total. The van der Waals surface area contributed by atoms with Gasteiger partial charge < -0.3 is 10.1 Å². The summed E-state index contributed by atoms with van der Waals surface area (Å²) in [5, 5.41) is 15.3. The van der Waals surface area contributed by atoms with Crippen molar-refractivity contribution in [2.75, 3.05) is 11.9 Å². The van der Waals surface area contributed by atoms with Crippen LogP contribution in [0, 0.1) is 0 Å². The van der Waals surface area contributed by atoms with E-state index in [9.17, 15) is 0 Å². The Balaban J connectivity index is 1.70.